The summed E-state index contributed by atoms with van der Waals surface area (Å²) in [6.45, 7) is 14.6. The van der Waals surface area contributed by atoms with Gasteiger partial charge in [-0.2, -0.15) is 16.7 Å². The average Bonchev–Trinajstić information content (AvgIpc) is 2.93. The Kier molecular flexibility index (Phi) is 9.30. The van der Waals surface area contributed by atoms with Gasteiger partial charge in [0, 0.05) is 67.4 Å². The van der Waals surface area contributed by atoms with Crippen LogP contribution in [0.15, 0.2) is 36.7 Å². The van der Waals surface area contributed by atoms with E-state index in [9.17, 15) is 4.79 Å². The largest absolute Gasteiger partial charge is 0.444 e. The molecule has 5 rings (SSSR count). The van der Waals surface area contributed by atoms with Crippen LogP contribution in [0.5, 0.6) is 0 Å². The van der Waals surface area contributed by atoms with Gasteiger partial charge in [0.05, 0.1) is 0 Å². The lowest BCUT2D eigenvalue weighted by Gasteiger charge is -2.45. The van der Waals surface area contributed by atoms with Gasteiger partial charge >= 0.3 is 6.09 Å². The third-order valence-corrected chi connectivity index (χ3v) is 9.15. The zero-order valence-electron chi connectivity index (χ0n) is 25.8. The summed E-state index contributed by atoms with van der Waals surface area (Å²) in [5.41, 5.74) is 2.01. The van der Waals surface area contributed by atoms with Crippen molar-refractivity contribution in [3.05, 3.63) is 42.2 Å². The fraction of sp³-hybridized carbons (Fsp3) is 0.562. The number of anilines is 4. The minimum atomic E-state index is -0.496. The summed E-state index contributed by atoms with van der Waals surface area (Å²) in [7, 11) is 0. The number of carbonyl (C=O) groups excluding carboxylic acids is 1. The number of nitrogens with zero attached hydrogens (tertiary/aromatic N) is 5. The van der Waals surface area contributed by atoms with E-state index < -0.39 is 5.60 Å². The first-order valence-corrected chi connectivity index (χ1v) is 16.4. The van der Waals surface area contributed by atoms with Crippen LogP contribution in [-0.2, 0) is 4.74 Å². The Morgan fingerprint density at radius 2 is 1.81 bits per heavy atom. The molecule has 3 aromatic rings. The molecule has 0 spiro atoms. The van der Waals surface area contributed by atoms with Crippen LogP contribution in [0.1, 0.15) is 65.4 Å². The van der Waals surface area contributed by atoms with E-state index in [1.807, 2.05) is 39.2 Å². The molecule has 2 aromatic heterocycles. The van der Waals surface area contributed by atoms with Crippen LogP contribution in [0.4, 0.5) is 28.1 Å². The van der Waals surface area contributed by atoms with Crippen LogP contribution in [-0.4, -0.2) is 70.9 Å². The minimum Gasteiger partial charge on any atom is -0.444 e. The number of alkyl carbamates (subject to hydrolysis) is 1. The molecule has 0 aliphatic carbocycles. The molecule has 1 atom stereocenters. The van der Waals surface area contributed by atoms with Crippen molar-refractivity contribution in [3.63, 3.8) is 0 Å². The Bertz CT molecular complexity index is 1380. The van der Waals surface area contributed by atoms with Gasteiger partial charge < -0.3 is 25.2 Å². The van der Waals surface area contributed by atoms with Gasteiger partial charge in [-0.25, -0.2) is 14.8 Å². The fourth-order valence-electron chi connectivity index (χ4n) is 5.77. The maximum absolute atomic E-state index is 12.2. The summed E-state index contributed by atoms with van der Waals surface area (Å²) >= 11 is 1.80. The smallest absolute Gasteiger partial charge is 0.407 e. The van der Waals surface area contributed by atoms with Crippen molar-refractivity contribution in [2.45, 2.75) is 70.7 Å². The van der Waals surface area contributed by atoms with Crippen molar-refractivity contribution < 1.29 is 9.53 Å². The molecule has 10 heteroatoms. The Morgan fingerprint density at radius 1 is 1.05 bits per heavy atom. The third-order valence-electron chi connectivity index (χ3n) is 8.00. The van der Waals surface area contributed by atoms with E-state index in [4.69, 9.17) is 14.7 Å². The Hall–Kier alpha value is -3.27. The second-order valence-electron chi connectivity index (χ2n) is 12.7. The highest BCUT2D eigenvalue weighted by Crippen LogP contribution is 2.38. The lowest BCUT2D eigenvalue weighted by Crippen LogP contribution is -2.53. The molecule has 2 aliphatic heterocycles. The van der Waals surface area contributed by atoms with E-state index >= 15 is 0 Å². The minimum absolute atomic E-state index is 0.326. The Balaban J connectivity index is 1.30. The standard InChI is InChI=1S/C32H45N7O2S/c1-21(2)23-10-11-26(39-19-22(20-39)27(42-6)18-35-31(40)41-32(3,4)5)25-17-34-29(16-24(23)25)36-28-12-13-33-30(37-28)38-14-8-7-9-15-38/h10-13,16-17,21-22,27H,7-9,14-15,18-20H2,1-6H3,(H,35,40)(H,33,34,36,37). The molecule has 2 fully saturated rings. The predicted octanol–water partition coefficient (Wildman–Crippen LogP) is 6.57. The first-order valence-electron chi connectivity index (χ1n) is 15.1. The number of pyridine rings is 1. The van der Waals surface area contributed by atoms with Gasteiger partial charge in [0.25, 0.3) is 0 Å². The highest BCUT2D eigenvalue weighted by Gasteiger charge is 2.34. The van der Waals surface area contributed by atoms with Crippen LogP contribution in [0, 0.1) is 5.92 Å². The molecule has 226 valence electrons. The number of hydrogen-bond donors (Lipinski definition) is 2. The number of rotatable bonds is 9. The molecule has 0 radical (unpaired) electrons. The van der Waals surface area contributed by atoms with Gasteiger partial charge in [0.2, 0.25) is 5.95 Å². The number of thioether (sulfide) groups is 1. The number of amides is 1. The normalized spacial score (nSPS) is 16.8. The molecule has 2 saturated heterocycles. The molecule has 2 N–H and O–H groups in total. The number of carbonyl (C=O) groups is 1. The quantitative estimate of drug-likeness (QED) is 0.286. The van der Waals surface area contributed by atoms with E-state index in [2.05, 4.69) is 63.7 Å². The molecular weight excluding hydrogens is 546 g/mol. The number of ether oxygens (including phenoxy) is 1. The van der Waals surface area contributed by atoms with Crippen molar-refractivity contribution in [1.82, 2.24) is 20.3 Å². The van der Waals surface area contributed by atoms with Crippen molar-refractivity contribution >= 4 is 51.9 Å². The van der Waals surface area contributed by atoms with E-state index in [1.54, 1.807) is 11.8 Å². The second-order valence-corrected chi connectivity index (χ2v) is 13.8. The third kappa shape index (κ3) is 7.19. The zero-order chi connectivity index (χ0) is 29.9. The van der Waals surface area contributed by atoms with Gasteiger partial charge in [0.15, 0.2) is 0 Å². The van der Waals surface area contributed by atoms with Crippen LogP contribution < -0.4 is 20.4 Å². The monoisotopic (exact) mass is 591 g/mol. The molecule has 2 aliphatic rings. The number of benzene rings is 1. The summed E-state index contributed by atoms with van der Waals surface area (Å²) in [6.07, 6.45) is 9.23. The van der Waals surface area contributed by atoms with Crippen molar-refractivity contribution in [2.24, 2.45) is 5.92 Å². The van der Waals surface area contributed by atoms with E-state index in [-0.39, 0.29) is 6.09 Å². The van der Waals surface area contributed by atoms with Crippen LogP contribution >= 0.6 is 11.8 Å². The first kappa shape index (κ1) is 30.2. The Morgan fingerprint density at radius 3 is 2.50 bits per heavy atom. The predicted molar refractivity (Wildman–Crippen MR) is 174 cm³/mol. The van der Waals surface area contributed by atoms with Gasteiger partial charge in [-0.1, -0.05) is 19.9 Å². The Labute approximate surface area is 254 Å². The summed E-state index contributed by atoms with van der Waals surface area (Å²) in [4.78, 5) is 31.0. The summed E-state index contributed by atoms with van der Waals surface area (Å²) in [5, 5.41) is 9.09. The average molecular weight is 592 g/mol. The number of aromatic nitrogens is 3. The van der Waals surface area contributed by atoms with E-state index in [0.29, 0.717) is 23.6 Å². The highest BCUT2D eigenvalue weighted by molar-refractivity contribution is 7.99. The highest BCUT2D eigenvalue weighted by atomic mass is 32.2. The van der Waals surface area contributed by atoms with Crippen LogP contribution in [0.2, 0.25) is 0 Å². The summed E-state index contributed by atoms with van der Waals surface area (Å²) in [6, 6.07) is 8.56. The maximum Gasteiger partial charge on any atom is 0.407 e. The van der Waals surface area contributed by atoms with Gasteiger partial charge in [0.1, 0.15) is 17.2 Å². The van der Waals surface area contributed by atoms with Gasteiger partial charge in [-0.3, -0.25) is 0 Å². The molecule has 0 bridgehead atoms. The zero-order valence-corrected chi connectivity index (χ0v) is 26.6. The van der Waals surface area contributed by atoms with E-state index in [0.717, 1.165) is 49.1 Å². The number of fused-ring (bicyclic) bond motifs is 1. The first-order chi connectivity index (χ1) is 20.1. The molecule has 1 unspecified atom stereocenters. The van der Waals surface area contributed by atoms with Crippen molar-refractivity contribution in [1.29, 1.82) is 0 Å². The van der Waals surface area contributed by atoms with Crippen LogP contribution in [0.3, 0.4) is 0 Å². The van der Waals surface area contributed by atoms with E-state index in [1.165, 1.54) is 35.9 Å². The van der Waals surface area contributed by atoms with Crippen molar-refractivity contribution in [2.75, 3.05) is 54.1 Å². The number of hydrogen-bond acceptors (Lipinski definition) is 9. The molecule has 9 nitrogen and oxygen atoms in total. The molecular formula is C32H45N7O2S. The SMILES string of the molecule is CSC(CNC(=O)OC(C)(C)C)C1CN(c2ccc(C(C)C)c3cc(Nc4ccnc(N5CCCCC5)n4)ncc23)C1. The number of nitrogens with one attached hydrogen (secondary N) is 2. The maximum atomic E-state index is 12.2. The molecule has 0 saturated carbocycles. The lowest BCUT2D eigenvalue weighted by molar-refractivity contribution is 0.0525. The second kappa shape index (κ2) is 12.9. The summed E-state index contributed by atoms with van der Waals surface area (Å²) in [5.74, 6) is 3.18. The summed E-state index contributed by atoms with van der Waals surface area (Å²) < 4.78 is 5.42. The molecule has 42 heavy (non-hydrogen) atoms. The number of piperidine rings is 1. The lowest BCUT2D eigenvalue weighted by atomic mass is 9.91. The molecule has 4 heterocycles. The molecule has 1 amide bonds. The topological polar surface area (TPSA) is 95.5 Å². The molecule has 1 aromatic carbocycles. The van der Waals surface area contributed by atoms with Gasteiger partial charge in [-0.05, 0) is 81.4 Å². The van der Waals surface area contributed by atoms with Crippen molar-refractivity contribution in [3.8, 4) is 0 Å². The van der Waals surface area contributed by atoms with Gasteiger partial charge in [-0.15, -0.1) is 0 Å². The fourth-order valence-corrected chi connectivity index (χ4v) is 6.58. The van der Waals surface area contributed by atoms with Crippen LogP contribution in [0.25, 0.3) is 10.8 Å².